The van der Waals surface area contributed by atoms with Crippen molar-refractivity contribution in [3.8, 4) is 5.75 Å². The Morgan fingerprint density at radius 1 is 1.14 bits per heavy atom. The first kappa shape index (κ1) is 13.4. The van der Waals surface area contributed by atoms with Crippen molar-refractivity contribution >= 4 is 11.4 Å². The van der Waals surface area contributed by atoms with Crippen molar-refractivity contribution in [1.82, 2.24) is 0 Å². The number of methoxy groups -OCH3 is 1. The summed E-state index contributed by atoms with van der Waals surface area (Å²) in [5, 5.41) is 0. The molecule has 0 unspecified atom stereocenters. The summed E-state index contributed by atoms with van der Waals surface area (Å²) >= 11 is 0. The molecule has 2 nitrogen and oxygen atoms in total. The minimum Gasteiger partial charge on any atom is -0.496 e. The lowest BCUT2D eigenvalue weighted by Crippen LogP contribution is -2.40. The molecular weight excluding hydrogens is 258 g/mol. The Balaban J connectivity index is 1.97. The predicted molar refractivity (Wildman–Crippen MR) is 87.1 cm³/mol. The molecule has 2 saturated carbocycles. The van der Waals surface area contributed by atoms with E-state index in [1.54, 1.807) is 7.11 Å². The molecule has 0 amide bonds. The fraction of sp³-hybridized carbons (Fsp3) is 0.632. The van der Waals surface area contributed by atoms with Crippen molar-refractivity contribution in [3.05, 3.63) is 22.8 Å². The second-order valence-electron chi connectivity index (χ2n) is 7.16. The Hall–Kier alpha value is -1.31. The average molecular weight is 283 g/mol. The van der Waals surface area contributed by atoms with E-state index in [-0.39, 0.29) is 5.41 Å². The lowest BCUT2D eigenvalue weighted by molar-refractivity contribution is 0.393. The van der Waals surface area contributed by atoms with E-state index in [0.29, 0.717) is 0 Å². The minimum absolute atomic E-state index is 0.250. The maximum atomic E-state index is 5.70. The van der Waals surface area contributed by atoms with E-state index in [9.17, 15) is 0 Å². The van der Waals surface area contributed by atoms with Crippen LogP contribution in [0.25, 0.3) is 0 Å². The van der Waals surface area contributed by atoms with E-state index in [1.807, 2.05) is 0 Å². The average Bonchev–Trinajstić information content (AvgIpc) is 2.75. The molecule has 112 valence electrons. The number of fused-ring (bicyclic) bond motifs is 1. The summed E-state index contributed by atoms with van der Waals surface area (Å²) in [6.07, 6.45) is 9.38. The third kappa shape index (κ3) is 1.68. The highest BCUT2D eigenvalue weighted by molar-refractivity contribution is 6.04. The van der Waals surface area contributed by atoms with Crippen LogP contribution in [0.1, 0.15) is 61.6 Å². The number of hydrogen-bond donors (Lipinski definition) is 0. The molecule has 3 aliphatic rings. The Labute approximate surface area is 127 Å². The van der Waals surface area contributed by atoms with Gasteiger partial charge in [-0.1, -0.05) is 19.3 Å². The number of aliphatic imine (C=N–C) groups is 1. The van der Waals surface area contributed by atoms with Gasteiger partial charge in [0.15, 0.2) is 0 Å². The fourth-order valence-corrected chi connectivity index (χ4v) is 5.31. The Bertz CT molecular complexity index is 631. The van der Waals surface area contributed by atoms with Gasteiger partial charge in [0.25, 0.3) is 0 Å². The molecule has 0 aromatic heterocycles. The highest BCUT2D eigenvalue weighted by Crippen LogP contribution is 2.56. The maximum absolute atomic E-state index is 5.70. The van der Waals surface area contributed by atoms with E-state index in [0.717, 1.165) is 11.7 Å². The van der Waals surface area contributed by atoms with Crippen LogP contribution in [0.3, 0.4) is 0 Å². The molecule has 2 bridgehead atoms. The van der Waals surface area contributed by atoms with Gasteiger partial charge in [-0.05, 0) is 68.2 Å². The molecule has 2 aliphatic carbocycles. The number of rotatable bonds is 1. The molecule has 2 heteroatoms. The first-order valence-electron chi connectivity index (χ1n) is 8.45. The van der Waals surface area contributed by atoms with E-state index < -0.39 is 0 Å². The second kappa shape index (κ2) is 4.59. The molecule has 1 aliphatic heterocycles. The molecule has 0 N–H and O–H groups in total. The van der Waals surface area contributed by atoms with Crippen molar-refractivity contribution in [2.24, 2.45) is 10.9 Å². The van der Waals surface area contributed by atoms with Crippen LogP contribution >= 0.6 is 0 Å². The summed E-state index contributed by atoms with van der Waals surface area (Å²) in [6.45, 7) is 4.39. The van der Waals surface area contributed by atoms with Gasteiger partial charge in [0.05, 0.1) is 12.8 Å². The second-order valence-corrected chi connectivity index (χ2v) is 7.16. The smallest absolute Gasteiger partial charge is 0.125 e. The zero-order chi connectivity index (χ0) is 14.6. The van der Waals surface area contributed by atoms with Gasteiger partial charge < -0.3 is 4.74 Å². The molecule has 1 aromatic carbocycles. The van der Waals surface area contributed by atoms with Crippen LogP contribution in [0.4, 0.5) is 5.69 Å². The third-order valence-corrected chi connectivity index (χ3v) is 6.05. The van der Waals surface area contributed by atoms with Gasteiger partial charge in [-0.25, -0.2) is 0 Å². The van der Waals surface area contributed by atoms with Crippen molar-refractivity contribution < 1.29 is 4.74 Å². The highest BCUT2D eigenvalue weighted by Gasteiger charge is 2.50. The number of benzene rings is 1. The third-order valence-electron chi connectivity index (χ3n) is 6.05. The first-order valence-corrected chi connectivity index (χ1v) is 8.45. The molecular formula is C19H25NO. The minimum atomic E-state index is 0.250. The molecule has 2 fully saturated rings. The lowest BCUT2D eigenvalue weighted by Gasteiger charge is -2.39. The van der Waals surface area contributed by atoms with Crippen molar-refractivity contribution in [2.45, 2.75) is 64.2 Å². The zero-order valence-corrected chi connectivity index (χ0v) is 13.5. The van der Waals surface area contributed by atoms with Gasteiger partial charge in [0, 0.05) is 11.1 Å². The molecule has 1 aromatic rings. The molecule has 1 heterocycles. The molecule has 4 rings (SSSR count). The first-order chi connectivity index (χ1) is 10.2. The molecule has 0 saturated heterocycles. The Morgan fingerprint density at radius 3 is 2.71 bits per heavy atom. The van der Waals surface area contributed by atoms with Crippen LogP contribution in [-0.2, 0) is 5.41 Å². The van der Waals surface area contributed by atoms with Crippen LogP contribution in [0.15, 0.2) is 11.1 Å². The van der Waals surface area contributed by atoms with Gasteiger partial charge in [0.1, 0.15) is 5.75 Å². The number of ether oxygens (including phenoxy) is 1. The van der Waals surface area contributed by atoms with Gasteiger partial charge in [-0.2, -0.15) is 0 Å². The Morgan fingerprint density at radius 2 is 1.90 bits per heavy atom. The van der Waals surface area contributed by atoms with Crippen molar-refractivity contribution in [1.29, 1.82) is 0 Å². The predicted octanol–water partition coefficient (Wildman–Crippen LogP) is 5.01. The van der Waals surface area contributed by atoms with Crippen LogP contribution in [0.5, 0.6) is 5.75 Å². The summed E-state index contributed by atoms with van der Waals surface area (Å²) in [7, 11) is 1.80. The van der Waals surface area contributed by atoms with Gasteiger partial charge in [0.2, 0.25) is 0 Å². The molecule has 0 spiro atoms. The van der Waals surface area contributed by atoms with Crippen LogP contribution in [0, 0.1) is 19.8 Å². The van der Waals surface area contributed by atoms with Crippen molar-refractivity contribution in [2.75, 3.05) is 7.11 Å². The zero-order valence-electron chi connectivity index (χ0n) is 13.5. The number of hydrogen-bond acceptors (Lipinski definition) is 2. The van der Waals surface area contributed by atoms with Crippen molar-refractivity contribution in [3.63, 3.8) is 0 Å². The van der Waals surface area contributed by atoms with Crippen LogP contribution in [0.2, 0.25) is 0 Å². The SMILES string of the molecule is COc1c(C)cc2c(c1C)[C@@]13CCCC[C@@H](CCC1)C3=N2. The maximum Gasteiger partial charge on any atom is 0.125 e. The molecule has 21 heavy (non-hydrogen) atoms. The number of aryl methyl sites for hydroxylation is 1. The molecule has 0 radical (unpaired) electrons. The number of nitrogens with zero attached hydrogens (tertiary/aromatic N) is 1. The normalized spacial score (nSPS) is 30.2. The lowest BCUT2D eigenvalue weighted by atomic mass is 9.63. The van der Waals surface area contributed by atoms with E-state index >= 15 is 0 Å². The summed E-state index contributed by atoms with van der Waals surface area (Å²) in [6, 6.07) is 2.26. The standard InChI is InChI=1S/C19H25NO/c1-12-11-15-16(13(2)17(12)21-3)19-9-5-4-7-14(8-6-10-19)18(19)20-15/h11,14H,4-10H2,1-3H3/t14-,19+/m0/s1. The Kier molecular flexibility index (Phi) is 2.92. The van der Waals surface area contributed by atoms with Gasteiger partial charge in [-0.3, -0.25) is 4.99 Å². The van der Waals surface area contributed by atoms with Crippen LogP contribution < -0.4 is 4.74 Å². The summed E-state index contributed by atoms with van der Waals surface area (Å²) in [5.41, 5.74) is 7.09. The van der Waals surface area contributed by atoms with E-state index in [2.05, 4.69) is 19.9 Å². The summed E-state index contributed by atoms with van der Waals surface area (Å²) in [4.78, 5) is 5.17. The molecule has 2 atom stereocenters. The van der Waals surface area contributed by atoms with Crippen LogP contribution in [-0.4, -0.2) is 12.8 Å². The van der Waals surface area contributed by atoms with Gasteiger partial charge >= 0.3 is 0 Å². The topological polar surface area (TPSA) is 21.6 Å². The fourth-order valence-electron chi connectivity index (χ4n) is 5.31. The van der Waals surface area contributed by atoms with E-state index in [4.69, 9.17) is 9.73 Å². The summed E-state index contributed by atoms with van der Waals surface area (Å²) in [5.74, 6) is 1.81. The largest absolute Gasteiger partial charge is 0.496 e. The van der Waals surface area contributed by atoms with Gasteiger partial charge in [-0.15, -0.1) is 0 Å². The quantitative estimate of drug-likeness (QED) is 0.710. The summed E-state index contributed by atoms with van der Waals surface area (Å²) < 4.78 is 5.70. The monoisotopic (exact) mass is 283 g/mol. The highest BCUT2D eigenvalue weighted by atomic mass is 16.5. The van der Waals surface area contributed by atoms with E-state index in [1.165, 1.54) is 73.0 Å².